The highest BCUT2D eigenvalue weighted by Gasteiger charge is 2.09. The molecule has 0 saturated heterocycles. The van der Waals surface area contributed by atoms with Crippen LogP contribution in [-0.4, -0.2) is 11.1 Å². The van der Waals surface area contributed by atoms with Gasteiger partial charge in [0, 0.05) is 5.02 Å². The van der Waals surface area contributed by atoms with E-state index >= 15 is 0 Å². The Bertz CT molecular complexity index is 520. The van der Waals surface area contributed by atoms with E-state index in [2.05, 4.69) is 0 Å². The Hall–Kier alpha value is -1.54. The molecule has 2 aromatic carbocycles. The Morgan fingerprint density at radius 2 is 1.93 bits per heavy atom. The van der Waals surface area contributed by atoms with Crippen molar-refractivity contribution in [2.75, 3.05) is 0 Å². The van der Waals surface area contributed by atoms with Crippen LogP contribution >= 0.6 is 11.6 Å². The van der Waals surface area contributed by atoms with E-state index in [9.17, 15) is 4.79 Å². The molecule has 2 nitrogen and oxygen atoms in total. The second-order valence-corrected chi connectivity index (χ2v) is 3.72. The van der Waals surface area contributed by atoms with Gasteiger partial charge in [-0.05, 0) is 22.4 Å². The summed E-state index contributed by atoms with van der Waals surface area (Å²) in [6.45, 7) is 0. The van der Waals surface area contributed by atoms with E-state index in [0.717, 1.165) is 10.8 Å². The highest BCUT2D eigenvalue weighted by atomic mass is 35.5. The van der Waals surface area contributed by atoms with Crippen molar-refractivity contribution in [1.29, 1.82) is 0 Å². The molecule has 1 N–H and O–H groups in total. The number of hydrogen-bond donors (Lipinski definition) is 1. The molecule has 0 aromatic heterocycles. The predicted octanol–water partition coefficient (Wildman–Crippen LogP) is 3.12. The third-order valence-electron chi connectivity index (χ3n) is 2.31. The van der Waals surface area contributed by atoms with E-state index in [1.807, 2.05) is 30.3 Å². The highest BCUT2D eigenvalue weighted by Crippen LogP contribution is 2.26. The van der Waals surface area contributed by atoms with Crippen LogP contribution in [0, 0.1) is 0 Å². The number of carbonyl (C=O) groups is 1. The van der Waals surface area contributed by atoms with Crippen LogP contribution in [-0.2, 0) is 11.2 Å². The van der Waals surface area contributed by atoms with Crippen LogP contribution < -0.4 is 0 Å². The predicted molar refractivity (Wildman–Crippen MR) is 60.3 cm³/mol. The van der Waals surface area contributed by atoms with Gasteiger partial charge in [-0.3, -0.25) is 4.79 Å². The molecule has 2 aromatic rings. The number of fused-ring (bicyclic) bond motifs is 1. The smallest absolute Gasteiger partial charge is 0.307 e. The summed E-state index contributed by atoms with van der Waals surface area (Å²) >= 11 is 5.98. The molecule has 0 aliphatic heterocycles. The molecule has 15 heavy (non-hydrogen) atoms. The lowest BCUT2D eigenvalue weighted by Crippen LogP contribution is -2.01. The number of carboxylic acids is 1. The van der Waals surface area contributed by atoms with Crippen LogP contribution in [0.1, 0.15) is 5.56 Å². The van der Waals surface area contributed by atoms with Crippen molar-refractivity contribution in [3.05, 3.63) is 47.0 Å². The summed E-state index contributed by atoms with van der Waals surface area (Å²) in [5, 5.41) is 11.2. The van der Waals surface area contributed by atoms with Crippen LogP contribution in [0.25, 0.3) is 10.8 Å². The van der Waals surface area contributed by atoms with Gasteiger partial charge in [-0.25, -0.2) is 0 Å². The van der Waals surface area contributed by atoms with Crippen molar-refractivity contribution >= 4 is 28.3 Å². The Kier molecular flexibility index (Phi) is 2.60. The van der Waals surface area contributed by atoms with E-state index < -0.39 is 5.97 Å². The quantitative estimate of drug-likeness (QED) is 0.844. The number of halogens is 1. The Labute approximate surface area is 92.1 Å². The molecule has 0 bridgehead atoms. The van der Waals surface area contributed by atoms with Crippen LogP contribution in [0.3, 0.4) is 0 Å². The normalized spacial score (nSPS) is 10.5. The SMILES string of the molecule is O=C(O)Cc1c(Cl)ccc2ccccc12. The molecule has 0 atom stereocenters. The number of hydrogen-bond acceptors (Lipinski definition) is 1. The first-order chi connectivity index (χ1) is 7.18. The molecular formula is C12H9ClO2. The fourth-order valence-corrected chi connectivity index (χ4v) is 1.87. The number of carboxylic acid groups (broad SMARTS) is 1. The van der Waals surface area contributed by atoms with Crippen LogP contribution in [0.2, 0.25) is 5.02 Å². The van der Waals surface area contributed by atoms with Gasteiger partial charge in [0.25, 0.3) is 0 Å². The summed E-state index contributed by atoms with van der Waals surface area (Å²) in [5.41, 5.74) is 0.683. The molecule has 0 amide bonds. The first-order valence-corrected chi connectivity index (χ1v) is 4.94. The third kappa shape index (κ3) is 1.95. The van der Waals surface area contributed by atoms with Gasteiger partial charge in [-0.1, -0.05) is 41.9 Å². The van der Waals surface area contributed by atoms with Gasteiger partial charge in [-0.15, -0.1) is 0 Å². The molecular weight excluding hydrogens is 212 g/mol. The van der Waals surface area contributed by atoms with Gasteiger partial charge in [0.2, 0.25) is 0 Å². The van der Waals surface area contributed by atoms with E-state index in [1.165, 1.54) is 0 Å². The zero-order valence-electron chi connectivity index (χ0n) is 7.90. The zero-order chi connectivity index (χ0) is 10.8. The van der Waals surface area contributed by atoms with Crippen LogP contribution in [0.5, 0.6) is 0 Å². The molecule has 3 heteroatoms. The monoisotopic (exact) mass is 220 g/mol. The molecule has 0 heterocycles. The van der Waals surface area contributed by atoms with Gasteiger partial charge in [0.05, 0.1) is 6.42 Å². The van der Waals surface area contributed by atoms with Gasteiger partial charge < -0.3 is 5.11 Å². The maximum atomic E-state index is 10.7. The van der Waals surface area contributed by atoms with Crippen molar-refractivity contribution < 1.29 is 9.90 Å². The highest BCUT2D eigenvalue weighted by molar-refractivity contribution is 6.32. The summed E-state index contributed by atoms with van der Waals surface area (Å²) in [5.74, 6) is -0.867. The Balaban J connectivity index is 2.68. The van der Waals surface area contributed by atoms with E-state index in [4.69, 9.17) is 16.7 Å². The maximum absolute atomic E-state index is 10.7. The molecule has 0 spiro atoms. The molecule has 76 valence electrons. The second-order valence-electron chi connectivity index (χ2n) is 3.32. The summed E-state index contributed by atoms with van der Waals surface area (Å²) < 4.78 is 0. The van der Waals surface area contributed by atoms with E-state index in [1.54, 1.807) is 6.07 Å². The van der Waals surface area contributed by atoms with Crippen molar-refractivity contribution in [3.63, 3.8) is 0 Å². The Morgan fingerprint density at radius 3 is 2.67 bits per heavy atom. The molecule has 2 rings (SSSR count). The lowest BCUT2D eigenvalue weighted by molar-refractivity contribution is -0.136. The lowest BCUT2D eigenvalue weighted by atomic mass is 10.0. The summed E-state index contributed by atoms with van der Waals surface area (Å²) in [6.07, 6.45) is -0.0415. The third-order valence-corrected chi connectivity index (χ3v) is 2.67. The molecule has 0 radical (unpaired) electrons. The van der Waals surface area contributed by atoms with Crippen molar-refractivity contribution in [2.45, 2.75) is 6.42 Å². The lowest BCUT2D eigenvalue weighted by Gasteiger charge is -2.06. The van der Waals surface area contributed by atoms with E-state index in [-0.39, 0.29) is 6.42 Å². The number of rotatable bonds is 2. The fourth-order valence-electron chi connectivity index (χ4n) is 1.64. The van der Waals surface area contributed by atoms with Crippen LogP contribution in [0.4, 0.5) is 0 Å². The second kappa shape index (κ2) is 3.91. The zero-order valence-corrected chi connectivity index (χ0v) is 8.66. The minimum Gasteiger partial charge on any atom is -0.481 e. The molecule has 0 fully saturated rings. The van der Waals surface area contributed by atoms with Gasteiger partial charge in [0.15, 0.2) is 0 Å². The minimum atomic E-state index is -0.867. The largest absolute Gasteiger partial charge is 0.481 e. The summed E-state index contributed by atoms with van der Waals surface area (Å²) in [6, 6.07) is 11.3. The Morgan fingerprint density at radius 1 is 1.20 bits per heavy atom. The summed E-state index contributed by atoms with van der Waals surface area (Å²) in [4.78, 5) is 10.7. The number of aliphatic carboxylic acids is 1. The van der Waals surface area contributed by atoms with Gasteiger partial charge in [-0.2, -0.15) is 0 Å². The van der Waals surface area contributed by atoms with Crippen LogP contribution in [0.15, 0.2) is 36.4 Å². The van der Waals surface area contributed by atoms with Crippen molar-refractivity contribution in [2.24, 2.45) is 0 Å². The summed E-state index contributed by atoms with van der Waals surface area (Å²) in [7, 11) is 0. The minimum absolute atomic E-state index is 0.0415. The first kappa shape index (κ1) is 9.99. The van der Waals surface area contributed by atoms with Crippen molar-refractivity contribution in [3.8, 4) is 0 Å². The topological polar surface area (TPSA) is 37.3 Å². The van der Waals surface area contributed by atoms with Gasteiger partial charge >= 0.3 is 5.97 Å². The molecule has 0 saturated carbocycles. The average Bonchev–Trinajstić information content (AvgIpc) is 2.22. The number of benzene rings is 2. The van der Waals surface area contributed by atoms with Crippen molar-refractivity contribution in [1.82, 2.24) is 0 Å². The van der Waals surface area contributed by atoms with E-state index in [0.29, 0.717) is 10.6 Å². The molecule has 0 unspecified atom stereocenters. The average molecular weight is 221 g/mol. The maximum Gasteiger partial charge on any atom is 0.307 e. The molecule has 0 aliphatic rings. The van der Waals surface area contributed by atoms with Gasteiger partial charge in [0.1, 0.15) is 0 Å². The molecule has 0 aliphatic carbocycles. The fraction of sp³-hybridized carbons (Fsp3) is 0.0833. The first-order valence-electron chi connectivity index (χ1n) is 4.56. The standard InChI is InChI=1S/C12H9ClO2/c13-11-6-5-8-3-1-2-4-9(8)10(11)7-12(14)15/h1-6H,7H2,(H,14,15).